The first-order chi connectivity index (χ1) is 14.1. The standard InChI is InChI=1S/C21H18ClN3O3S/c22-14-6-2-1-5-13(14)17(12-26)28-16-9-18(29-19(16)10-20(23)27)15-11-24-21-7-3-4-8-25(15)21/h1-9,11,17,26H,10,12H2,(H2,23,27)/t17-/m1/s1. The van der Waals surface area contributed by atoms with Crippen molar-refractivity contribution < 1.29 is 14.6 Å². The number of carbonyl (C=O) groups is 1. The second-order valence-electron chi connectivity index (χ2n) is 6.42. The molecule has 148 valence electrons. The Labute approximate surface area is 176 Å². The van der Waals surface area contributed by atoms with Crippen LogP contribution in [-0.4, -0.2) is 27.0 Å². The summed E-state index contributed by atoms with van der Waals surface area (Å²) in [6.45, 7) is -0.263. The highest BCUT2D eigenvalue weighted by Crippen LogP contribution is 2.39. The lowest BCUT2D eigenvalue weighted by Gasteiger charge is -2.18. The number of primary amides is 1. The predicted molar refractivity (Wildman–Crippen MR) is 113 cm³/mol. The molecule has 0 saturated carbocycles. The predicted octanol–water partition coefficient (Wildman–Crippen LogP) is 3.86. The van der Waals surface area contributed by atoms with E-state index in [-0.39, 0.29) is 13.0 Å². The number of aromatic nitrogens is 2. The Bertz CT molecular complexity index is 1170. The highest BCUT2D eigenvalue weighted by Gasteiger charge is 2.21. The summed E-state index contributed by atoms with van der Waals surface area (Å²) in [7, 11) is 0. The molecular weight excluding hydrogens is 410 g/mol. The molecule has 4 rings (SSSR count). The van der Waals surface area contributed by atoms with Crippen LogP contribution >= 0.6 is 22.9 Å². The van der Waals surface area contributed by atoms with Crippen LogP contribution in [-0.2, 0) is 11.2 Å². The van der Waals surface area contributed by atoms with Gasteiger partial charge in [-0.25, -0.2) is 4.98 Å². The van der Waals surface area contributed by atoms with Gasteiger partial charge in [0.2, 0.25) is 5.91 Å². The third-order valence-corrected chi connectivity index (χ3v) is 5.94. The van der Waals surface area contributed by atoms with Gasteiger partial charge in [0.05, 0.1) is 34.7 Å². The molecule has 8 heteroatoms. The number of aliphatic hydroxyl groups is 1. The second kappa shape index (κ2) is 8.24. The molecule has 0 aliphatic heterocycles. The summed E-state index contributed by atoms with van der Waals surface area (Å²) >= 11 is 7.68. The average molecular weight is 428 g/mol. The fourth-order valence-electron chi connectivity index (χ4n) is 3.12. The van der Waals surface area contributed by atoms with Gasteiger partial charge in [-0.2, -0.15) is 0 Å². The number of rotatable bonds is 7. The molecule has 3 aromatic heterocycles. The van der Waals surface area contributed by atoms with E-state index in [1.54, 1.807) is 18.3 Å². The van der Waals surface area contributed by atoms with Crippen LogP contribution in [0.2, 0.25) is 5.02 Å². The van der Waals surface area contributed by atoms with E-state index in [0.717, 1.165) is 16.2 Å². The molecule has 0 aliphatic carbocycles. The first-order valence-electron chi connectivity index (χ1n) is 8.92. The van der Waals surface area contributed by atoms with Crippen LogP contribution in [0.15, 0.2) is 60.9 Å². The van der Waals surface area contributed by atoms with Crippen LogP contribution < -0.4 is 10.5 Å². The topological polar surface area (TPSA) is 89.9 Å². The van der Waals surface area contributed by atoms with Gasteiger partial charge in [0.15, 0.2) is 0 Å². The molecule has 6 nitrogen and oxygen atoms in total. The van der Waals surface area contributed by atoms with Gasteiger partial charge in [0.1, 0.15) is 17.5 Å². The molecule has 4 aromatic rings. The number of ether oxygens (including phenoxy) is 1. The summed E-state index contributed by atoms with van der Waals surface area (Å²) in [5.41, 5.74) is 7.80. The highest BCUT2D eigenvalue weighted by atomic mass is 35.5. The Morgan fingerprint density at radius 1 is 1.28 bits per heavy atom. The van der Waals surface area contributed by atoms with Crippen molar-refractivity contribution in [2.45, 2.75) is 12.5 Å². The van der Waals surface area contributed by atoms with Gasteiger partial charge in [-0.3, -0.25) is 9.20 Å². The maximum absolute atomic E-state index is 11.6. The number of aliphatic hydroxyl groups excluding tert-OH is 1. The van der Waals surface area contributed by atoms with Gasteiger partial charge >= 0.3 is 0 Å². The van der Waals surface area contributed by atoms with Crippen molar-refractivity contribution in [2.24, 2.45) is 5.73 Å². The third-order valence-electron chi connectivity index (χ3n) is 4.46. The zero-order chi connectivity index (χ0) is 20.4. The number of hydrogen-bond donors (Lipinski definition) is 2. The van der Waals surface area contributed by atoms with Crippen LogP contribution in [0.4, 0.5) is 0 Å². The number of halogens is 1. The Balaban J connectivity index is 1.74. The van der Waals surface area contributed by atoms with Crippen LogP contribution in [0.3, 0.4) is 0 Å². The van der Waals surface area contributed by atoms with Crippen molar-refractivity contribution in [3.05, 3.63) is 76.4 Å². The fourth-order valence-corrected chi connectivity index (χ4v) is 4.49. The van der Waals surface area contributed by atoms with E-state index in [0.29, 0.717) is 21.2 Å². The van der Waals surface area contributed by atoms with Gasteiger partial charge in [0, 0.05) is 22.8 Å². The summed E-state index contributed by atoms with van der Waals surface area (Å²) in [5, 5.41) is 10.4. The van der Waals surface area contributed by atoms with E-state index in [1.165, 1.54) is 11.3 Å². The van der Waals surface area contributed by atoms with Crippen LogP contribution in [0.25, 0.3) is 16.2 Å². The van der Waals surface area contributed by atoms with E-state index in [4.69, 9.17) is 22.1 Å². The molecule has 1 amide bonds. The van der Waals surface area contributed by atoms with E-state index in [2.05, 4.69) is 4.98 Å². The lowest BCUT2D eigenvalue weighted by Crippen LogP contribution is -2.16. The quantitative estimate of drug-likeness (QED) is 0.468. The number of carbonyl (C=O) groups excluding carboxylic acids is 1. The number of pyridine rings is 1. The minimum atomic E-state index is -0.667. The van der Waals surface area contributed by atoms with Gasteiger partial charge < -0.3 is 15.6 Å². The monoisotopic (exact) mass is 427 g/mol. The van der Waals surface area contributed by atoms with Crippen LogP contribution in [0, 0.1) is 0 Å². The summed E-state index contributed by atoms with van der Waals surface area (Å²) in [6, 6.07) is 14.8. The fraction of sp³-hybridized carbons (Fsp3) is 0.143. The van der Waals surface area contributed by atoms with Crippen molar-refractivity contribution in [1.29, 1.82) is 0 Å². The molecular formula is C21H18ClN3O3S. The van der Waals surface area contributed by atoms with Gasteiger partial charge in [-0.15, -0.1) is 11.3 Å². The number of amides is 1. The van der Waals surface area contributed by atoms with Crippen molar-refractivity contribution in [3.63, 3.8) is 0 Å². The third kappa shape index (κ3) is 3.98. The number of thiophene rings is 1. The molecule has 0 fully saturated rings. The summed E-state index contributed by atoms with van der Waals surface area (Å²) in [4.78, 5) is 17.6. The van der Waals surface area contributed by atoms with E-state index < -0.39 is 12.0 Å². The second-order valence-corrected chi connectivity index (χ2v) is 7.97. The number of nitrogens with two attached hydrogens (primary N) is 1. The Morgan fingerprint density at radius 3 is 2.83 bits per heavy atom. The minimum Gasteiger partial charge on any atom is -0.482 e. The van der Waals surface area contributed by atoms with Crippen molar-refractivity contribution in [3.8, 4) is 16.3 Å². The SMILES string of the molecule is NC(=O)Cc1sc(-c2cnc3ccccn23)cc1O[C@H](CO)c1ccccc1Cl. The Kier molecular flexibility index (Phi) is 5.53. The normalized spacial score (nSPS) is 12.2. The van der Waals surface area contributed by atoms with Crippen molar-refractivity contribution >= 4 is 34.5 Å². The van der Waals surface area contributed by atoms with Crippen LogP contribution in [0.1, 0.15) is 16.5 Å². The molecule has 0 bridgehead atoms. The van der Waals surface area contributed by atoms with Gasteiger partial charge in [-0.05, 0) is 18.2 Å². The average Bonchev–Trinajstić information content (AvgIpc) is 3.30. The number of nitrogens with zero attached hydrogens (tertiary/aromatic N) is 2. The lowest BCUT2D eigenvalue weighted by atomic mass is 10.1. The number of imidazole rings is 1. The molecule has 0 aliphatic rings. The van der Waals surface area contributed by atoms with Gasteiger partial charge in [0.25, 0.3) is 0 Å². The molecule has 0 spiro atoms. The largest absolute Gasteiger partial charge is 0.482 e. The van der Waals surface area contributed by atoms with Crippen LogP contribution in [0.5, 0.6) is 5.75 Å². The first kappa shape index (κ1) is 19.4. The molecule has 3 N–H and O–H groups in total. The number of fused-ring (bicyclic) bond motifs is 1. The lowest BCUT2D eigenvalue weighted by molar-refractivity contribution is -0.117. The van der Waals surface area contributed by atoms with E-state index in [1.807, 2.05) is 47.0 Å². The molecule has 29 heavy (non-hydrogen) atoms. The summed E-state index contributed by atoms with van der Waals surface area (Å²) in [5.74, 6) is 0.0355. The molecule has 0 saturated heterocycles. The summed E-state index contributed by atoms with van der Waals surface area (Å²) < 4.78 is 8.05. The number of benzene rings is 1. The number of hydrogen-bond acceptors (Lipinski definition) is 5. The Hall–Kier alpha value is -2.87. The van der Waals surface area contributed by atoms with Crippen molar-refractivity contribution in [1.82, 2.24) is 9.38 Å². The van der Waals surface area contributed by atoms with E-state index >= 15 is 0 Å². The summed E-state index contributed by atoms with van der Waals surface area (Å²) in [6.07, 6.45) is 3.07. The molecule has 1 atom stereocenters. The minimum absolute atomic E-state index is 0.0391. The maximum Gasteiger partial charge on any atom is 0.222 e. The smallest absolute Gasteiger partial charge is 0.222 e. The highest BCUT2D eigenvalue weighted by molar-refractivity contribution is 7.15. The Morgan fingerprint density at radius 2 is 2.07 bits per heavy atom. The molecule has 3 heterocycles. The molecule has 0 unspecified atom stereocenters. The molecule has 1 aromatic carbocycles. The molecule has 0 radical (unpaired) electrons. The van der Waals surface area contributed by atoms with Gasteiger partial charge in [-0.1, -0.05) is 35.9 Å². The van der Waals surface area contributed by atoms with Crippen molar-refractivity contribution in [2.75, 3.05) is 6.61 Å². The van der Waals surface area contributed by atoms with E-state index in [9.17, 15) is 9.90 Å². The zero-order valence-electron chi connectivity index (χ0n) is 15.3. The maximum atomic E-state index is 11.6. The first-order valence-corrected chi connectivity index (χ1v) is 10.1. The zero-order valence-corrected chi connectivity index (χ0v) is 16.9.